The minimum absolute atomic E-state index is 0.0697. The maximum absolute atomic E-state index is 12.4. The van der Waals surface area contributed by atoms with Crippen molar-refractivity contribution in [2.45, 2.75) is 58.7 Å². The summed E-state index contributed by atoms with van der Waals surface area (Å²) in [4.78, 5) is 25.6. The van der Waals surface area contributed by atoms with Crippen LogP contribution in [0.3, 0.4) is 0 Å². The fourth-order valence-electron chi connectivity index (χ4n) is 2.58. The Morgan fingerprint density at radius 1 is 1.38 bits per heavy atom. The van der Waals surface area contributed by atoms with E-state index in [0.717, 1.165) is 6.42 Å². The highest BCUT2D eigenvalue weighted by Crippen LogP contribution is 2.22. The average Bonchev–Trinajstić information content (AvgIpc) is 2.88. The number of likely N-dealkylation sites (N-methyl/N-ethyl adjacent to an activating group) is 1. The Labute approximate surface area is 126 Å². The summed E-state index contributed by atoms with van der Waals surface area (Å²) >= 11 is 0. The first kappa shape index (κ1) is 17.9. The third-order valence-electron chi connectivity index (χ3n) is 4.38. The van der Waals surface area contributed by atoms with Crippen molar-refractivity contribution < 1.29 is 19.4 Å². The van der Waals surface area contributed by atoms with Crippen molar-refractivity contribution in [1.82, 2.24) is 10.2 Å². The molecule has 1 saturated heterocycles. The molecule has 1 aliphatic heterocycles. The number of aliphatic carboxylic acids is 1. The molecule has 0 aromatic heterocycles. The first-order chi connectivity index (χ1) is 9.73. The molecule has 3 atom stereocenters. The van der Waals surface area contributed by atoms with E-state index in [-0.39, 0.29) is 30.1 Å². The lowest BCUT2D eigenvalue weighted by Crippen LogP contribution is -2.56. The zero-order valence-corrected chi connectivity index (χ0v) is 13.7. The summed E-state index contributed by atoms with van der Waals surface area (Å²) in [6.07, 6.45) is 0.835. The molecule has 0 radical (unpaired) electrons. The second kappa shape index (κ2) is 7.22. The van der Waals surface area contributed by atoms with Crippen LogP contribution in [0.1, 0.15) is 41.0 Å². The Kier molecular flexibility index (Phi) is 6.16. The van der Waals surface area contributed by atoms with Gasteiger partial charge in [-0.1, -0.05) is 13.8 Å². The molecule has 6 heteroatoms. The molecule has 3 unspecified atom stereocenters. The first-order valence-corrected chi connectivity index (χ1v) is 7.61. The van der Waals surface area contributed by atoms with Crippen LogP contribution in [0.5, 0.6) is 0 Å². The van der Waals surface area contributed by atoms with Gasteiger partial charge in [-0.3, -0.25) is 14.5 Å². The highest BCUT2D eigenvalue weighted by Gasteiger charge is 2.40. The van der Waals surface area contributed by atoms with E-state index in [9.17, 15) is 14.7 Å². The number of carboxylic acid groups (broad SMARTS) is 1. The van der Waals surface area contributed by atoms with Gasteiger partial charge in [0.15, 0.2) is 0 Å². The van der Waals surface area contributed by atoms with Gasteiger partial charge in [0.25, 0.3) is 0 Å². The fraction of sp³-hybridized carbons (Fsp3) is 0.867. The third kappa shape index (κ3) is 4.41. The second-order valence-corrected chi connectivity index (χ2v) is 6.28. The van der Waals surface area contributed by atoms with Crippen molar-refractivity contribution >= 4 is 11.9 Å². The lowest BCUT2D eigenvalue weighted by atomic mass is 9.99. The van der Waals surface area contributed by atoms with Gasteiger partial charge in [0.05, 0.1) is 25.2 Å². The van der Waals surface area contributed by atoms with Gasteiger partial charge in [0.1, 0.15) is 0 Å². The Morgan fingerprint density at radius 2 is 2.00 bits per heavy atom. The SMILES string of the molecule is CCN(C(C)C(=O)NC(C)(C)CC)C1COCC1C(=O)O. The Bertz CT molecular complexity index is 384. The average molecular weight is 300 g/mol. The number of carbonyl (C=O) groups is 2. The topological polar surface area (TPSA) is 78.9 Å². The minimum atomic E-state index is -0.863. The smallest absolute Gasteiger partial charge is 0.310 e. The molecular formula is C15H28N2O4. The van der Waals surface area contributed by atoms with Crippen LogP contribution in [-0.2, 0) is 14.3 Å². The lowest BCUT2D eigenvalue weighted by Gasteiger charge is -2.35. The molecule has 21 heavy (non-hydrogen) atoms. The van der Waals surface area contributed by atoms with Gasteiger partial charge in [-0.05, 0) is 33.7 Å². The molecule has 2 N–H and O–H groups in total. The molecular weight excluding hydrogens is 272 g/mol. The van der Waals surface area contributed by atoms with E-state index in [4.69, 9.17) is 4.74 Å². The van der Waals surface area contributed by atoms with Crippen LogP contribution in [0.4, 0.5) is 0 Å². The largest absolute Gasteiger partial charge is 0.481 e. The second-order valence-electron chi connectivity index (χ2n) is 6.28. The van der Waals surface area contributed by atoms with E-state index in [1.54, 1.807) is 0 Å². The van der Waals surface area contributed by atoms with E-state index in [1.807, 2.05) is 39.5 Å². The van der Waals surface area contributed by atoms with Gasteiger partial charge in [-0.2, -0.15) is 0 Å². The predicted octanol–water partition coefficient (Wildman–Crippen LogP) is 1.10. The van der Waals surface area contributed by atoms with Crippen LogP contribution in [0, 0.1) is 5.92 Å². The molecule has 122 valence electrons. The Morgan fingerprint density at radius 3 is 2.48 bits per heavy atom. The zero-order chi connectivity index (χ0) is 16.2. The van der Waals surface area contributed by atoms with Crippen LogP contribution < -0.4 is 5.32 Å². The summed E-state index contributed by atoms with van der Waals surface area (Å²) in [7, 11) is 0. The van der Waals surface area contributed by atoms with Gasteiger partial charge >= 0.3 is 5.97 Å². The minimum Gasteiger partial charge on any atom is -0.481 e. The maximum Gasteiger partial charge on any atom is 0.310 e. The molecule has 0 aromatic rings. The van der Waals surface area contributed by atoms with Crippen molar-refractivity contribution in [3.05, 3.63) is 0 Å². The number of hydrogen-bond donors (Lipinski definition) is 2. The number of carbonyl (C=O) groups excluding carboxylic acids is 1. The lowest BCUT2D eigenvalue weighted by molar-refractivity contribution is -0.144. The van der Waals surface area contributed by atoms with Gasteiger partial charge in [-0.15, -0.1) is 0 Å². The molecule has 0 aromatic carbocycles. The normalized spacial score (nSPS) is 24.1. The summed E-state index contributed by atoms with van der Waals surface area (Å²) < 4.78 is 5.31. The molecule has 6 nitrogen and oxygen atoms in total. The highest BCUT2D eigenvalue weighted by molar-refractivity contribution is 5.82. The molecule has 1 fully saturated rings. The maximum atomic E-state index is 12.4. The first-order valence-electron chi connectivity index (χ1n) is 7.61. The van der Waals surface area contributed by atoms with E-state index in [0.29, 0.717) is 13.2 Å². The number of amides is 1. The van der Waals surface area contributed by atoms with Gasteiger partial charge in [-0.25, -0.2) is 0 Å². The Hall–Kier alpha value is -1.14. The highest BCUT2D eigenvalue weighted by atomic mass is 16.5. The number of nitrogens with zero attached hydrogens (tertiary/aromatic N) is 1. The number of hydrogen-bond acceptors (Lipinski definition) is 4. The number of nitrogens with one attached hydrogen (secondary N) is 1. The van der Waals surface area contributed by atoms with Gasteiger partial charge in [0.2, 0.25) is 5.91 Å². The van der Waals surface area contributed by atoms with E-state index < -0.39 is 11.9 Å². The predicted molar refractivity (Wildman–Crippen MR) is 80.1 cm³/mol. The van der Waals surface area contributed by atoms with Crippen LogP contribution in [0.25, 0.3) is 0 Å². The van der Waals surface area contributed by atoms with Crippen molar-refractivity contribution in [2.75, 3.05) is 19.8 Å². The number of carboxylic acids is 1. The van der Waals surface area contributed by atoms with E-state index >= 15 is 0 Å². The summed E-state index contributed by atoms with van der Waals surface area (Å²) in [6.45, 7) is 10.9. The van der Waals surface area contributed by atoms with Crippen molar-refractivity contribution in [1.29, 1.82) is 0 Å². The molecule has 0 spiro atoms. The molecule has 1 rings (SSSR count). The molecule has 1 heterocycles. The quantitative estimate of drug-likeness (QED) is 0.736. The number of rotatable bonds is 7. The van der Waals surface area contributed by atoms with E-state index in [2.05, 4.69) is 5.32 Å². The van der Waals surface area contributed by atoms with Crippen LogP contribution >= 0.6 is 0 Å². The van der Waals surface area contributed by atoms with Crippen LogP contribution in [-0.4, -0.2) is 59.3 Å². The fourth-order valence-corrected chi connectivity index (χ4v) is 2.58. The molecule has 1 aliphatic rings. The Balaban J connectivity index is 2.79. The molecule has 0 aliphatic carbocycles. The molecule has 0 bridgehead atoms. The molecule has 1 amide bonds. The van der Waals surface area contributed by atoms with Crippen LogP contribution in [0.2, 0.25) is 0 Å². The van der Waals surface area contributed by atoms with Crippen LogP contribution in [0.15, 0.2) is 0 Å². The van der Waals surface area contributed by atoms with E-state index in [1.165, 1.54) is 0 Å². The zero-order valence-electron chi connectivity index (χ0n) is 13.7. The molecule has 0 saturated carbocycles. The summed E-state index contributed by atoms with van der Waals surface area (Å²) in [5.74, 6) is -1.50. The van der Waals surface area contributed by atoms with Gasteiger partial charge in [0, 0.05) is 11.6 Å². The standard InChI is InChI=1S/C15H28N2O4/c1-6-15(4,5)16-13(18)10(3)17(7-2)12-9-21-8-11(12)14(19)20/h10-12H,6-9H2,1-5H3,(H,16,18)(H,19,20). The summed E-state index contributed by atoms with van der Waals surface area (Å²) in [5, 5.41) is 12.3. The summed E-state index contributed by atoms with van der Waals surface area (Å²) in [6, 6.07) is -0.632. The monoisotopic (exact) mass is 300 g/mol. The van der Waals surface area contributed by atoms with Crippen molar-refractivity contribution in [2.24, 2.45) is 5.92 Å². The third-order valence-corrected chi connectivity index (χ3v) is 4.38. The van der Waals surface area contributed by atoms with Crippen molar-refractivity contribution in [3.63, 3.8) is 0 Å². The van der Waals surface area contributed by atoms with Crippen molar-refractivity contribution in [3.8, 4) is 0 Å². The number of ether oxygens (including phenoxy) is 1. The van der Waals surface area contributed by atoms with Gasteiger partial charge < -0.3 is 15.2 Å². The summed E-state index contributed by atoms with van der Waals surface area (Å²) in [5.41, 5.74) is -0.261.